The van der Waals surface area contributed by atoms with Gasteiger partial charge in [-0.1, -0.05) is 98.2 Å². The molecule has 236 valence electrons. The maximum absolute atomic E-state index is 10.7. The number of hydrogen-bond acceptors (Lipinski definition) is 4. The van der Waals surface area contributed by atoms with Gasteiger partial charge in [0.2, 0.25) is 0 Å². The number of aromatic nitrogens is 2. The molecule has 0 spiro atoms. The van der Waals surface area contributed by atoms with Crippen LogP contribution < -0.4 is 4.90 Å². The van der Waals surface area contributed by atoms with Crippen LogP contribution in [0.25, 0.3) is 22.5 Å². The van der Waals surface area contributed by atoms with E-state index in [0.717, 1.165) is 39.7 Å². The summed E-state index contributed by atoms with van der Waals surface area (Å²) in [5.74, 6) is 0.990. The molecule has 1 N–H and O–H groups in total. The standard InChI is InChI=1S/C40H44N3O.Pt/c1-38(2,3)28-20-21-41-35(26-28)34-17-13-19-37(42-34)43(31-15-12-14-27(22-31)33-16-10-11-18-36(33)44)32-24-29(39(4,5)6)23-30(25-32)40(7,8)9;/h10-21,23-26,44H,1-9H3;/q-1;. The van der Waals surface area contributed by atoms with E-state index < -0.39 is 0 Å². The Morgan fingerprint density at radius 3 is 1.87 bits per heavy atom. The zero-order chi connectivity index (χ0) is 31.9. The van der Waals surface area contributed by atoms with E-state index in [1.807, 2.05) is 54.7 Å². The Hall–Kier alpha value is -3.75. The minimum atomic E-state index is -0.0599. The fraction of sp³-hybridized carbons (Fsp3) is 0.300. The molecule has 0 saturated carbocycles. The Labute approximate surface area is 283 Å². The van der Waals surface area contributed by atoms with Crippen LogP contribution in [0, 0.1) is 6.07 Å². The number of para-hydroxylation sites is 1. The van der Waals surface area contributed by atoms with E-state index in [-0.39, 0.29) is 43.1 Å². The fourth-order valence-corrected chi connectivity index (χ4v) is 5.17. The van der Waals surface area contributed by atoms with Crippen LogP contribution in [-0.4, -0.2) is 15.1 Å². The number of phenols is 1. The molecule has 0 aliphatic rings. The molecule has 4 nitrogen and oxygen atoms in total. The predicted molar refractivity (Wildman–Crippen MR) is 184 cm³/mol. The van der Waals surface area contributed by atoms with Gasteiger partial charge < -0.3 is 10.0 Å². The van der Waals surface area contributed by atoms with Gasteiger partial charge in [-0.3, -0.25) is 4.98 Å². The van der Waals surface area contributed by atoms with Gasteiger partial charge in [-0.2, -0.15) is 0 Å². The number of hydrogen-bond donors (Lipinski definition) is 1. The minimum Gasteiger partial charge on any atom is -0.517 e. The van der Waals surface area contributed by atoms with Crippen molar-refractivity contribution in [2.24, 2.45) is 0 Å². The van der Waals surface area contributed by atoms with Crippen molar-refractivity contribution in [3.63, 3.8) is 0 Å². The SMILES string of the molecule is CC(C)(C)c1cc(N(c2[c-]c(-c3ccccc3O)ccc2)c2cccc(-c3cc(C(C)(C)C)ccn3)n2)cc(C(C)(C)C)c1.[Pt]. The molecule has 45 heavy (non-hydrogen) atoms. The Kier molecular flexibility index (Phi) is 9.81. The van der Waals surface area contributed by atoms with Gasteiger partial charge in [0, 0.05) is 32.9 Å². The summed E-state index contributed by atoms with van der Waals surface area (Å²) >= 11 is 0. The Bertz CT molecular complexity index is 1760. The van der Waals surface area contributed by atoms with E-state index in [1.54, 1.807) is 6.07 Å². The number of benzene rings is 3. The monoisotopic (exact) mass is 777 g/mol. The molecule has 5 rings (SSSR count). The first-order valence-electron chi connectivity index (χ1n) is 15.3. The third-order valence-electron chi connectivity index (χ3n) is 7.97. The molecular weight excluding hydrogens is 734 g/mol. The summed E-state index contributed by atoms with van der Waals surface area (Å²) in [5, 5.41) is 10.7. The maximum Gasteiger partial charge on any atom is 0.136 e. The van der Waals surface area contributed by atoms with Gasteiger partial charge >= 0.3 is 0 Å². The van der Waals surface area contributed by atoms with E-state index in [4.69, 9.17) is 9.97 Å². The average molecular weight is 778 g/mol. The van der Waals surface area contributed by atoms with Crippen LogP contribution >= 0.6 is 0 Å². The van der Waals surface area contributed by atoms with Crippen LogP contribution in [0.5, 0.6) is 5.75 Å². The first kappa shape index (κ1) is 34.1. The topological polar surface area (TPSA) is 49.2 Å². The van der Waals surface area contributed by atoms with Crippen LogP contribution in [-0.2, 0) is 37.3 Å². The summed E-state index contributed by atoms with van der Waals surface area (Å²) in [7, 11) is 0. The molecule has 3 aromatic carbocycles. The fourth-order valence-electron chi connectivity index (χ4n) is 5.17. The summed E-state index contributed by atoms with van der Waals surface area (Å²) in [6.07, 6.45) is 1.87. The van der Waals surface area contributed by atoms with Crippen LogP contribution in [0.2, 0.25) is 0 Å². The Morgan fingerprint density at radius 2 is 1.24 bits per heavy atom. The molecular formula is C40H44N3OPt-. The number of nitrogens with zero attached hydrogens (tertiary/aromatic N) is 3. The summed E-state index contributed by atoms with van der Waals surface area (Å²) in [4.78, 5) is 12.1. The van der Waals surface area contributed by atoms with Crippen LogP contribution in [0.1, 0.15) is 79.0 Å². The normalized spacial score (nSPS) is 12.0. The third kappa shape index (κ3) is 7.73. The van der Waals surface area contributed by atoms with Crippen molar-refractivity contribution in [3.05, 3.63) is 120 Å². The van der Waals surface area contributed by atoms with Crippen molar-refractivity contribution in [3.8, 4) is 28.3 Å². The molecule has 0 aliphatic heterocycles. The second-order valence-electron chi connectivity index (χ2n) is 14.6. The molecule has 0 atom stereocenters. The molecule has 2 aromatic heterocycles. The van der Waals surface area contributed by atoms with Crippen LogP contribution in [0.3, 0.4) is 0 Å². The van der Waals surface area contributed by atoms with Gasteiger partial charge in [-0.05, 0) is 81.1 Å². The Balaban J connectivity index is 0.00000461. The second-order valence-corrected chi connectivity index (χ2v) is 14.6. The van der Waals surface area contributed by atoms with E-state index in [2.05, 4.69) is 110 Å². The molecule has 5 aromatic rings. The van der Waals surface area contributed by atoms with Crippen LogP contribution in [0.15, 0.2) is 97.2 Å². The van der Waals surface area contributed by atoms with Gasteiger partial charge in [0.15, 0.2) is 0 Å². The van der Waals surface area contributed by atoms with E-state index in [0.29, 0.717) is 0 Å². The molecule has 0 aliphatic carbocycles. The number of rotatable bonds is 5. The number of aromatic hydroxyl groups is 1. The molecule has 0 fully saturated rings. The summed E-state index contributed by atoms with van der Waals surface area (Å²) < 4.78 is 0. The molecule has 0 bridgehead atoms. The molecule has 5 heteroatoms. The second kappa shape index (κ2) is 12.9. The molecule has 2 heterocycles. The zero-order valence-corrected chi connectivity index (χ0v) is 30.1. The van der Waals surface area contributed by atoms with Gasteiger partial charge in [0.1, 0.15) is 5.82 Å². The van der Waals surface area contributed by atoms with Crippen LogP contribution in [0.4, 0.5) is 17.2 Å². The summed E-state index contributed by atoms with van der Waals surface area (Å²) in [6.45, 7) is 20.1. The number of anilines is 3. The first-order valence-corrected chi connectivity index (χ1v) is 15.3. The molecule has 0 unspecified atom stereocenters. The predicted octanol–water partition coefficient (Wildman–Crippen LogP) is 10.7. The minimum absolute atomic E-state index is 0. The molecule has 0 saturated heterocycles. The van der Waals surface area contributed by atoms with Crippen molar-refractivity contribution >= 4 is 17.2 Å². The maximum atomic E-state index is 10.7. The van der Waals surface area contributed by atoms with Crippen molar-refractivity contribution in [2.45, 2.75) is 78.6 Å². The number of pyridine rings is 2. The van der Waals surface area contributed by atoms with Gasteiger partial charge in [0.05, 0.1) is 17.1 Å². The van der Waals surface area contributed by atoms with Crippen molar-refractivity contribution < 1.29 is 26.2 Å². The molecule has 0 amide bonds. The van der Waals surface area contributed by atoms with Crippen molar-refractivity contribution in [1.82, 2.24) is 9.97 Å². The van der Waals surface area contributed by atoms with Gasteiger partial charge in [0.25, 0.3) is 0 Å². The Morgan fingerprint density at radius 1 is 0.622 bits per heavy atom. The average Bonchev–Trinajstić information content (AvgIpc) is 2.96. The van der Waals surface area contributed by atoms with E-state index in [9.17, 15) is 5.11 Å². The largest absolute Gasteiger partial charge is 0.517 e. The van der Waals surface area contributed by atoms with E-state index in [1.165, 1.54) is 16.7 Å². The summed E-state index contributed by atoms with van der Waals surface area (Å²) in [5.41, 5.74) is 8.61. The third-order valence-corrected chi connectivity index (χ3v) is 7.97. The van der Waals surface area contributed by atoms with Gasteiger partial charge in [-0.15, -0.1) is 29.8 Å². The van der Waals surface area contributed by atoms with Crippen molar-refractivity contribution in [2.75, 3.05) is 4.90 Å². The zero-order valence-electron chi connectivity index (χ0n) is 27.8. The van der Waals surface area contributed by atoms with Crippen molar-refractivity contribution in [1.29, 1.82) is 0 Å². The van der Waals surface area contributed by atoms with Gasteiger partial charge in [-0.25, -0.2) is 4.98 Å². The first-order chi connectivity index (χ1) is 20.6. The molecule has 0 radical (unpaired) electrons. The smallest absolute Gasteiger partial charge is 0.136 e. The quantitative estimate of drug-likeness (QED) is 0.181. The summed E-state index contributed by atoms with van der Waals surface area (Å²) in [6, 6.07) is 34.2. The van der Waals surface area contributed by atoms with E-state index >= 15 is 0 Å². The number of phenolic OH excluding ortho intramolecular Hbond substituents is 1.